The number of H-pyrrole nitrogens is 1. The van der Waals surface area contributed by atoms with Crippen LogP contribution in [0.4, 0.5) is 11.6 Å². The number of likely N-dealkylation sites (N-methyl/N-ethyl adjacent to an activating group) is 2. The van der Waals surface area contributed by atoms with E-state index in [0.717, 1.165) is 0 Å². The van der Waals surface area contributed by atoms with E-state index in [4.69, 9.17) is 0 Å². The minimum absolute atomic E-state index is 0.0172. The van der Waals surface area contributed by atoms with Gasteiger partial charge in [0, 0.05) is 44.9 Å². The van der Waals surface area contributed by atoms with Crippen molar-refractivity contribution in [1.29, 1.82) is 0 Å². The molecule has 0 aliphatic heterocycles. The number of nitrogens with one attached hydrogen (secondary N) is 1. The van der Waals surface area contributed by atoms with Crippen LogP contribution in [0.5, 0.6) is 0 Å². The average Bonchev–Trinajstić information content (AvgIpc) is 3.09. The highest BCUT2D eigenvalue weighted by Crippen LogP contribution is 2.21. The molecule has 0 aliphatic carbocycles. The molecule has 3 aromatic rings. The van der Waals surface area contributed by atoms with Gasteiger partial charge in [-0.3, -0.25) is 14.9 Å². The third-order valence-electron chi connectivity index (χ3n) is 4.16. The molecule has 8 heteroatoms. The molecule has 3 rings (SSSR count). The van der Waals surface area contributed by atoms with E-state index in [0.29, 0.717) is 35.6 Å². The van der Waals surface area contributed by atoms with Crippen LogP contribution < -0.4 is 4.90 Å². The number of non-ortho nitro benzene ring substituents is 1. The van der Waals surface area contributed by atoms with Gasteiger partial charge in [-0.1, -0.05) is 18.2 Å². The Bertz CT molecular complexity index is 938. The van der Waals surface area contributed by atoms with Gasteiger partial charge in [-0.15, -0.1) is 0 Å². The number of aromatic amines is 1. The fourth-order valence-electron chi connectivity index (χ4n) is 2.59. The maximum Gasteiger partial charge on any atom is 0.271 e. The number of nitro benzene ring substituents is 1. The van der Waals surface area contributed by atoms with E-state index < -0.39 is 4.92 Å². The summed E-state index contributed by atoms with van der Waals surface area (Å²) in [5.74, 6) is 0.556. The van der Waals surface area contributed by atoms with Crippen molar-refractivity contribution in [3.05, 3.63) is 64.2 Å². The highest BCUT2D eigenvalue weighted by atomic mass is 16.6. The lowest BCUT2D eigenvalue weighted by molar-refractivity contribution is -0.384. The monoisotopic (exact) mass is 353 g/mol. The van der Waals surface area contributed by atoms with Crippen LogP contribution >= 0.6 is 0 Å². The summed E-state index contributed by atoms with van der Waals surface area (Å²) in [6, 6.07) is 13.6. The van der Waals surface area contributed by atoms with Crippen LogP contribution in [0.25, 0.3) is 11.0 Å². The lowest BCUT2D eigenvalue weighted by atomic mass is 10.2. The zero-order valence-electron chi connectivity index (χ0n) is 14.5. The Morgan fingerprint density at radius 2 is 1.88 bits per heavy atom. The molecule has 0 atom stereocenters. The van der Waals surface area contributed by atoms with Gasteiger partial charge >= 0.3 is 0 Å². The van der Waals surface area contributed by atoms with Crippen LogP contribution in [-0.2, 0) is 0 Å². The normalized spacial score (nSPS) is 10.7. The van der Waals surface area contributed by atoms with E-state index >= 15 is 0 Å². The Morgan fingerprint density at radius 1 is 1.15 bits per heavy atom. The van der Waals surface area contributed by atoms with Gasteiger partial charge in [0.15, 0.2) is 0 Å². The summed E-state index contributed by atoms with van der Waals surface area (Å²) < 4.78 is 0. The molecule has 0 spiro atoms. The van der Waals surface area contributed by atoms with Crippen LogP contribution in [0.3, 0.4) is 0 Å². The zero-order valence-corrected chi connectivity index (χ0v) is 14.5. The SMILES string of the molecule is CN(CCN(C)c1nc2ccc([N+](=O)[O-])cc2[nH]1)C(=O)c1ccccc1. The van der Waals surface area contributed by atoms with Gasteiger partial charge in [0.2, 0.25) is 5.95 Å². The van der Waals surface area contributed by atoms with Crippen LogP contribution in [0.1, 0.15) is 10.4 Å². The van der Waals surface area contributed by atoms with Crippen molar-refractivity contribution in [2.24, 2.45) is 0 Å². The molecule has 26 heavy (non-hydrogen) atoms. The average molecular weight is 353 g/mol. The third-order valence-corrected chi connectivity index (χ3v) is 4.16. The molecule has 1 N–H and O–H groups in total. The fourth-order valence-corrected chi connectivity index (χ4v) is 2.59. The lowest BCUT2D eigenvalue weighted by Gasteiger charge is -2.22. The third kappa shape index (κ3) is 3.64. The Balaban J connectivity index is 1.66. The number of fused-ring (bicyclic) bond motifs is 1. The predicted molar refractivity (Wildman–Crippen MR) is 99.4 cm³/mol. The number of hydrogen-bond donors (Lipinski definition) is 1. The smallest absolute Gasteiger partial charge is 0.271 e. The summed E-state index contributed by atoms with van der Waals surface area (Å²) in [7, 11) is 3.61. The molecule has 1 aromatic heterocycles. The van der Waals surface area contributed by atoms with Gasteiger partial charge in [0.1, 0.15) is 0 Å². The van der Waals surface area contributed by atoms with Crippen molar-refractivity contribution < 1.29 is 9.72 Å². The van der Waals surface area contributed by atoms with Crippen LogP contribution in [0, 0.1) is 10.1 Å². The Kier molecular flexibility index (Phi) is 4.83. The molecule has 134 valence electrons. The van der Waals surface area contributed by atoms with Crippen LogP contribution in [-0.4, -0.2) is 52.9 Å². The predicted octanol–water partition coefficient (Wildman–Crippen LogP) is 2.68. The number of imidazole rings is 1. The highest BCUT2D eigenvalue weighted by molar-refractivity contribution is 5.94. The van der Waals surface area contributed by atoms with Crippen LogP contribution in [0.2, 0.25) is 0 Å². The van der Waals surface area contributed by atoms with Gasteiger partial charge in [-0.25, -0.2) is 4.98 Å². The number of benzene rings is 2. The molecule has 0 saturated heterocycles. The maximum absolute atomic E-state index is 12.4. The van der Waals surface area contributed by atoms with Gasteiger partial charge in [0.05, 0.1) is 16.0 Å². The molecule has 1 amide bonds. The van der Waals surface area contributed by atoms with E-state index in [2.05, 4.69) is 9.97 Å². The minimum Gasteiger partial charge on any atom is -0.344 e. The van der Waals surface area contributed by atoms with E-state index in [1.807, 2.05) is 30.1 Å². The van der Waals surface area contributed by atoms with E-state index in [1.54, 1.807) is 30.1 Å². The summed E-state index contributed by atoms with van der Waals surface area (Å²) in [5.41, 5.74) is 1.93. The van der Waals surface area contributed by atoms with Crippen molar-refractivity contribution in [3.63, 3.8) is 0 Å². The number of nitrogens with zero attached hydrogens (tertiary/aromatic N) is 4. The Hall–Kier alpha value is -3.42. The second kappa shape index (κ2) is 7.22. The molecule has 0 unspecified atom stereocenters. The number of carbonyl (C=O) groups is 1. The minimum atomic E-state index is -0.437. The van der Waals surface area contributed by atoms with Crippen LogP contribution in [0.15, 0.2) is 48.5 Å². The topological polar surface area (TPSA) is 95.4 Å². The van der Waals surface area contributed by atoms with E-state index in [-0.39, 0.29) is 11.6 Å². The first kappa shape index (κ1) is 17.4. The molecule has 0 radical (unpaired) electrons. The molecule has 0 bridgehead atoms. The van der Waals surface area contributed by atoms with Crippen molar-refractivity contribution in [2.75, 3.05) is 32.1 Å². The van der Waals surface area contributed by atoms with E-state index in [9.17, 15) is 14.9 Å². The van der Waals surface area contributed by atoms with Gasteiger partial charge in [0.25, 0.3) is 11.6 Å². The Morgan fingerprint density at radius 3 is 2.58 bits per heavy atom. The highest BCUT2D eigenvalue weighted by Gasteiger charge is 2.14. The fraction of sp³-hybridized carbons (Fsp3) is 0.222. The van der Waals surface area contributed by atoms with Gasteiger partial charge < -0.3 is 14.8 Å². The van der Waals surface area contributed by atoms with Crippen molar-refractivity contribution in [1.82, 2.24) is 14.9 Å². The van der Waals surface area contributed by atoms with Crippen molar-refractivity contribution in [2.45, 2.75) is 0 Å². The number of amides is 1. The van der Waals surface area contributed by atoms with Gasteiger partial charge in [-0.2, -0.15) is 0 Å². The second-order valence-corrected chi connectivity index (χ2v) is 6.03. The zero-order chi connectivity index (χ0) is 18.7. The van der Waals surface area contributed by atoms with E-state index in [1.165, 1.54) is 12.1 Å². The Labute approximate surface area is 150 Å². The first-order valence-corrected chi connectivity index (χ1v) is 8.11. The summed E-state index contributed by atoms with van der Waals surface area (Å²) >= 11 is 0. The number of nitro groups is 1. The number of hydrogen-bond acceptors (Lipinski definition) is 5. The van der Waals surface area contributed by atoms with Gasteiger partial charge in [-0.05, 0) is 18.2 Å². The maximum atomic E-state index is 12.4. The first-order valence-electron chi connectivity index (χ1n) is 8.11. The number of rotatable bonds is 6. The molecular weight excluding hydrogens is 334 g/mol. The summed E-state index contributed by atoms with van der Waals surface area (Å²) in [6.07, 6.45) is 0. The largest absolute Gasteiger partial charge is 0.344 e. The first-order chi connectivity index (χ1) is 12.5. The van der Waals surface area contributed by atoms with Crippen molar-refractivity contribution >= 4 is 28.6 Å². The molecule has 0 aliphatic rings. The molecule has 0 fully saturated rings. The molecule has 0 saturated carbocycles. The molecule has 1 heterocycles. The summed E-state index contributed by atoms with van der Waals surface area (Å²) in [4.78, 5) is 33.8. The second-order valence-electron chi connectivity index (χ2n) is 6.03. The number of aromatic nitrogens is 2. The summed E-state index contributed by atoms with van der Waals surface area (Å²) in [6.45, 7) is 1.08. The lowest BCUT2D eigenvalue weighted by Crippen LogP contribution is -2.35. The quantitative estimate of drug-likeness (QED) is 0.543. The molecule has 2 aromatic carbocycles. The number of carbonyl (C=O) groups excluding carboxylic acids is 1. The number of anilines is 1. The molecular formula is C18H19N5O3. The molecule has 8 nitrogen and oxygen atoms in total. The standard InChI is InChI=1S/C18H19N5O3/c1-21(17(24)13-6-4-3-5-7-13)10-11-22(2)18-19-15-9-8-14(23(25)26)12-16(15)20-18/h3-9,12H,10-11H2,1-2H3,(H,19,20). The summed E-state index contributed by atoms with van der Waals surface area (Å²) in [5, 5.41) is 10.9. The van der Waals surface area contributed by atoms with Crippen molar-refractivity contribution in [3.8, 4) is 0 Å².